The first-order valence-electron chi connectivity index (χ1n) is 6.21. The van der Waals surface area contributed by atoms with E-state index < -0.39 is 5.82 Å². The molecule has 4 nitrogen and oxygen atoms in total. The summed E-state index contributed by atoms with van der Waals surface area (Å²) in [5.74, 6) is 0.200. The molecule has 0 aliphatic heterocycles. The van der Waals surface area contributed by atoms with Crippen molar-refractivity contribution in [3.63, 3.8) is 0 Å². The topological polar surface area (TPSA) is 44.8 Å². The van der Waals surface area contributed by atoms with Crippen LogP contribution in [0.1, 0.15) is 15.9 Å². The first-order valence-corrected chi connectivity index (χ1v) is 6.21. The quantitative estimate of drug-likeness (QED) is 0.794. The van der Waals surface area contributed by atoms with Gasteiger partial charge in [0.2, 0.25) is 5.75 Å². The first-order chi connectivity index (χ1) is 10.1. The lowest BCUT2D eigenvalue weighted by molar-refractivity contribution is 0.103. The van der Waals surface area contributed by atoms with Gasteiger partial charge in [-0.05, 0) is 24.3 Å². The Hall–Kier alpha value is -2.56. The van der Waals surface area contributed by atoms with Gasteiger partial charge in [-0.15, -0.1) is 0 Å². The van der Waals surface area contributed by atoms with Crippen LogP contribution in [0.3, 0.4) is 0 Å². The molecule has 5 heteroatoms. The van der Waals surface area contributed by atoms with Gasteiger partial charge in [-0.1, -0.05) is 12.1 Å². The van der Waals surface area contributed by atoms with E-state index in [2.05, 4.69) is 0 Å². The zero-order chi connectivity index (χ0) is 15.4. The number of hydrogen-bond donors (Lipinski definition) is 0. The van der Waals surface area contributed by atoms with Crippen molar-refractivity contribution in [3.05, 3.63) is 53.3 Å². The van der Waals surface area contributed by atoms with Crippen LogP contribution < -0.4 is 14.2 Å². The number of benzene rings is 2. The Labute approximate surface area is 122 Å². The fourth-order valence-electron chi connectivity index (χ4n) is 2.07. The largest absolute Gasteiger partial charge is 0.493 e. The maximum Gasteiger partial charge on any atom is 0.204 e. The second kappa shape index (κ2) is 6.26. The van der Waals surface area contributed by atoms with Crippen LogP contribution in [-0.2, 0) is 0 Å². The van der Waals surface area contributed by atoms with Gasteiger partial charge in [-0.3, -0.25) is 4.79 Å². The summed E-state index contributed by atoms with van der Waals surface area (Å²) in [7, 11) is 4.38. The number of rotatable bonds is 5. The third-order valence-electron chi connectivity index (χ3n) is 3.04. The summed E-state index contributed by atoms with van der Waals surface area (Å²) in [5.41, 5.74) is 0.515. The molecule has 0 spiro atoms. The minimum Gasteiger partial charge on any atom is -0.493 e. The first kappa shape index (κ1) is 14.8. The predicted molar refractivity (Wildman–Crippen MR) is 75.9 cm³/mol. The van der Waals surface area contributed by atoms with E-state index in [9.17, 15) is 9.18 Å². The van der Waals surface area contributed by atoms with Crippen LogP contribution >= 0.6 is 0 Å². The van der Waals surface area contributed by atoms with Crippen LogP contribution in [0.25, 0.3) is 0 Å². The van der Waals surface area contributed by atoms with E-state index in [1.807, 2.05) is 0 Å². The fourth-order valence-corrected chi connectivity index (χ4v) is 2.07. The van der Waals surface area contributed by atoms with Crippen molar-refractivity contribution in [1.29, 1.82) is 0 Å². The Balaban J connectivity index is 2.56. The lowest BCUT2D eigenvalue weighted by atomic mass is 10.0. The van der Waals surface area contributed by atoms with Gasteiger partial charge >= 0.3 is 0 Å². The average molecular weight is 290 g/mol. The van der Waals surface area contributed by atoms with E-state index in [-0.39, 0.29) is 22.7 Å². The maximum absolute atomic E-state index is 13.3. The molecule has 0 radical (unpaired) electrons. The normalized spacial score (nSPS) is 10.1. The highest BCUT2D eigenvalue weighted by Gasteiger charge is 2.21. The van der Waals surface area contributed by atoms with Crippen molar-refractivity contribution in [3.8, 4) is 17.2 Å². The average Bonchev–Trinajstić information content (AvgIpc) is 2.52. The van der Waals surface area contributed by atoms with Crippen LogP contribution in [0.2, 0.25) is 0 Å². The third-order valence-corrected chi connectivity index (χ3v) is 3.04. The van der Waals surface area contributed by atoms with E-state index in [1.165, 1.54) is 39.5 Å². The Kier molecular flexibility index (Phi) is 4.42. The summed E-state index contributed by atoms with van der Waals surface area (Å²) in [5, 5.41) is 0. The Morgan fingerprint density at radius 1 is 0.952 bits per heavy atom. The number of halogens is 1. The number of carbonyl (C=O) groups excluding carboxylic acids is 1. The highest BCUT2D eigenvalue weighted by molar-refractivity contribution is 6.11. The SMILES string of the molecule is COc1ccc(C(=O)c2cccc(F)c2)c(OC)c1OC. The Morgan fingerprint density at radius 3 is 2.24 bits per heavy atom. The minimum absolute atomic E-state index is 0.237. The fraction of sp³-hybridized carbons (Fsp3) is 0.188. The van der Waals surface area contributed by atoms with Crippen molar-refractivity contribution < 1.29 is 23.4 Å². The minimum atomic E-state index is -0.472. The van der Waals surface area contributed by atoms with Gasteiger partial charge in [0.15, 0.2) is 17.3 Å². The summed E-state index contributed by atoms with van der Waals surface area (Å²) in [6, 6.07) is 8.65. The van der Waals surface area contributed by atoms with E-state index in [0.29, 0.717) is 11.5 Å². The van der Waals surface area contributed by atoms with E-state index in [4.69, 9.17) is 14.2 Å². The van der Waals surface area contributed by atoms with E-state index in [1.54, 1.807) is 18.2 Å². The van der Waals surface area contributed by atoms with Crippen LogP contribution in [0, 0.1) is 5.82 Å². The summed E-state index contributed by atoms with van der Waals surface area (Å²) in [6.07, 6.45) is 0. The molecule has 0 bridgehead atoms. The summed E-state index contributed by atoms with van der Waals surface area (Å²) < 4.78 is 28.9. The monoisotopic (exact) mass is 290 g/mol. The Bertz CT molecular complexity index is 667. The molecule has 0 aromatic heterocycles. The van der Waals surface area contributed by atoms with Gasteiger partial charge < -0.3 is 14.2 Å². The van der Waals surface area contributed by atoms with Crippen LogP contribution in [0.4, 0.5) is 4.39 Å². The van der Waals surface area contributed by atoms with Crippen molar-refractivity contribution in [2.45, 2.75) is 0 Å². The lowest BCUT2D eigenvalue weighted by Gasteiger charge is -2.15. The molecule has 0 fully saturated rings. The maximum atomic E-state index is 13.3. The molecule has 0 amide bonds. The van der Waals surface area contributed by atoms with Gasteiger partial charge in [-0.25, -0.2) is 4.39 Å². The lowest BCUT2D eigenvalue weighted by Crippen LogP contribution is -2.06. The molecule has 0 aliphatic rings. The highest BCUT2D eigenvalue weighted by Crippen LogP contribution is 2.40. The molecule has 0 aliphatic carbocycles. The molecular weight excluding hydrogens is 275 g/mol. The molecule has 110 valence electrons. The standard InChI is InChI=1S/C16H15FO4/c1-19-13-8-7-12(15(20-2)16(13)21-3)14(18)10-5-4-6-11(17)9-10/h4-9H,1-3H3. The molecule has 0 N–H and O–H groups in total. The number of hydrogen-bond acceptors (Lipinski definition) is 4. The van der Waals surface area contributed by atoms with Gasteiger partial charge in [0.05, 0.1) is 26.9 Å². The molecule has 0 heterocycles. The van der Waals surface area contributed by atoms with Gasteiger partial charge in [-0.2, -0.15) is 0 Å². The van der Waals surface area contributed by atoms with Crippen LogP contribution in [0.15, 0.2) is 36.4 Å². The second-order valence-electron chi connectivity index (χ2n) is 4.22. The molecule has 2 rings (SSSR count). The van der Waals surface area contributed by atoms with Crippen LogP contribution in [0.5, 0.6) is 17.2 Å². The molecular formula is C16H15FO4. The van der Waals surface area contributed by atoms with Crippen LogP contribution in [-0.4, -0.2) is 27.1 Å². The van der Waals surface area contributed by atoms with Crippen molar-refractivity contribution >= 4 is 5.78 Å². The molecule has 21 heavy (non-hydrogen) atoms. The Morgan fingerprint density at radius 2 is 1.67 bits per heavy atom. The van der Waals surface area contributed by atoms with Crippen molar-refractivity contribution in [2.24, 2.45) is 0 Å². The molecule has 0 atom stereocenters. The molecule has 0 saturated heterocycles. The van der Waals surface area contributed by atoms with Gasteiger partial charge in [0.25, 0.3) is 0 Å². The number of ether oxygens (including phenoxy) is 3. The van der Waals surface area contributed by atoms with Gasteiger partial charge in [0.1, 0.15) is 5.82 Å². The molecule has 2 aromatic rings. The zero-order valence-corrected chi connectivity index (χ0v) is 12.0. The summed E-state index contributed by atoms with van der Waals surface area (Å²) in [4.78, 5) is 12.5. The number of carbonyl (C=O) groups is 1. The number of ketones is 1. The van der Waals surface area contributed by atoms with E-state index in [0.717, 1.165) is 0 Å². The van der Waals surface area contributed by atoms with Gasteiger partial charge in [0, 0.05) is 5.56 Å². The third kappa shape index (κ3) is 2.81. The van der Waals surface area contributed by atoms with Crippen molar-refractivity contribution in [2.75, 3.05) is 21.3 Å². The predicted octanol–water partition coefficient (Wildman–Crippen LogP) is 3.08. The highest BCUT2D eigenvalue weighted by atomic mass is 19.1. The zero-order valence-electron chi connectivity index (χ0n) is 12.0. The smallest absolute Gasteiger partial charge is 0.204 e. The second-order valence-corrected chi connectivity index (χ2v) is 4.22. The number of methoxy groups -OCH3 is 3. The summed E-state index contributed by atoms with van der Waals surface area (Å²) in [6.45, 7) is 0. The summed E-state index contributed by atoms with van der Waals surface area (Å²) >= 11 is 0. The van der Waals surface area contributed by atoms with Crippen molar-refractivity contribution in [1.82, 2.24) is 0 Å². The van der Waals surface area contributed by atoms with E-state index >= 15 is 0 Å². The molecule has 0 saturated carbocycles. The molecule has 0 unspecified atom stereocenters. The molecule has 2 aromatic carbocycles.